The van der Waals surface area contributed by atoms with E-state index < -0.39 is 0 Å². The number of benzene rings is 1. The molecule has 0 aliphatic heterocycles. The van der Waals surface area contributed by atoms with E-state index in [1.165, 1.54) is 15.0 Å². The Labute approximate surface area is 99.3 Å². The van der Waals surface area contributed by atoms with E-state index in [4.69, 9.17) is 5.11 Å². The van der Waals surface area contributed by atoms with Gasteiger partial charge in [-0.05, 0) is 44.6 Å². The van der Waals surface area contributed by atoms with E-state index in [0.717, 1.165) is 10.0 Å². The molecule has 14 heavy (non-hydrogen) atoms. The zero-order valence-electron chi connectivity index (χ0n) is 7.58. The van der Waals surface area contributed by atoms with Gasteiger partial charge in [0, 0.05) is 14.1 Å². The van der Waals surface area contributed by atoms with Gasteiger partial charge in [-0.2, -0.15) is 0 Å². The summed E-state index contributed by atoms with van der Waals surface area (Å²) < 4.78 is 2.39. The summed E-state index contributed by atoms with van der Waals surface area (Å²) in [5.74, 6) is 0. The molecule has 0 aliphatic carbocycles. The van der Waals surface area contributed by atoms with Crippen LogP contribution in [0.4, 0.5) is 0 Å². The van der Waals surface area contributed by atoms with Crippen LogP contribution in [-0.2, 0) is 6.61 Å². The number of halogens is 1. The van der Waals surface area contributed by atoms with Crippen LogP contribution in [0.3, 0.4) is 0 Å². The molecule has 2 aromatic rings. The SMILES string of the molecule is CSc1c(Br)ccc2c(CO)csc12. The molecule has 0 bridgehead atoms. The fraction of sp³-hybridized carbons (Fsp3) is 0.200. The molecule has 0 radical (unpaired) electrons. The number of thiophene rings is 1. The Morgan fingerprint density at radius 1 is 1.50 bits per heavy atom. The number of aliphatic hydroxyl groups excluding tert-OH is 1. The molecule has 0 spiro atoms. The van der Waals surface area contributed by atoms with Crippen LogP contribution in [0.5, 0.6) is 0 Å². The monoisotopic (exact) mass is 288 g/mol. The van der Waals surface area contributed by atoms with Crippen LogP contribution in [0.15, 0.2) is 26.9 Å². The van der Waals surface area contributed by atoms with E-state index in [1.54, 1.807) is 23.1 Å². The van der Waals surface area contributed by atoms with Gasteiger partial charge < -0.3 is 5.11 Å². The number of hydrogen-bond donors (Lipinski definition) is 1. The van der Waals surface area contributed by atoms with E-state index in [9.17, 15) is 0 Å². The summed E-state index contributed by atoms with van der Waals surface area (Å²) in [7, 11) is 0. The van der Waals surface area contributed by atoms with Crippen molar-refractivity contribution < 1.29 is 5.11 Å². The maximum absolute atomic E-state index is 9.15. The predicted octanol–water partition coefficient (Wildman–Crippen LogP) is 3.88. The molecule has 1 aromatic carbocycles. The van der Waals surface area contributed by atoms with Crippen LogP contribution in [-0.4, -0.2) is 11.4 Å². The summed E-state index contributed by atoms with van der Waals surface area (Å²) in [6.45, 7) is 0.120. The van der Waals surface area contributed by atoms with Crippen molar-refractivity contribution in [3.8, 4) is 0 Å². The first kappa shape index (κ1) is 10.5. The molecule has 2 rings (SSSR count). The van der Waals surface area contributed by atoms with Gasteiger partial charge in [-0.1, -0.05) is 6.07 Å². The minimum absolute atomic E-state index is 0.120. The second-order valence-electron chi connectivity index (χ2n) is 2.88. The van der Waals surface area contributed by atoms with E-state index in [0.29, 0.717) is 0 Å². The third-order valence-corrected chi connectivity index (χ3v) is 5.05. The number of rotatable bonds is 2. The molecule has 0 atom stereocenters. The highest BCUT2D eigenvalue weighted by atomic mass is 79.9. The van der Waals surface area contributed by atoms with Crippen LogP contribution in [0, 0.1) is 0 Å². The molecule has 74 valence electrons. The highest BCUT2D eigenvalue weighted by Crippen LogP contribution is 2.38. The van der Waals surface area contributed by atoms with Gasteiger partial charge in [0.1, 0.15) is 0 Å². The molecule has 0 aliphatic rings. The largest absolute Gasteiger partial charge is 0.392 e. The second-order valence-corrected chi connectivity index (χ2v) is 5.43. The van der Waals surface area contributed by atoms with Crippen LogP contribution in [0.25, 0.3) is 10.1 Å². The summed E-state index contributed by atoms with van der Waals surface area (Å²) in [5.41, 5.74) is 1.02. The Morgan fingerprint density at radius 3 is 2.93 bits per heavy atom. The van der Waals surface area contributed by atoms with Crippen LogP contribution < -0.4 is 0 Å². The van der Waals surface area contributed by atoms with Crippen molar-refractivity contribution in [1.82, 2.24) is 0 Å². The van der Waals surface area contributed by atoms with Gasteiger partial charge in [-0.3, -0.25) is 0 Å². The van der Waals surface area contributed by atoms with Gasteiger partial charge >= 0.3 is 0 Å². The van der Waals surface area contributed by atoms with Crippen LogP contribution >= 0.6 is 39.0 Å². The molecule has 0 saturated heterocycles. The zero-order chi connectivity index (χ0) is 10.1. The summed E-state index contributed by atoms with van der Waals surface area (Å²) in [4.78, 5) is 1.26. The lowest BCUT2D eigenvalue weighted by Gasteiger charge is -2.02. The van der Waals surface area contributed by atoms with Gasteiger partial charge in [0.15, 0.2) is 0 Å². The molecular formula is C10H9BrOS2. The molecule has 0 saturated carbocycles. The predicted molar refractivity (Wildman–Crippen MR) is 67.2 cm³/mol. The van der Waals surface area contributed by atoms with Crippen LogP contribution in [0.1, 0.15) is 5.56 Å². The van der Waals surface area contributed by atoms with Crippen molar-refractivity contribution in [2.75, 3.05) is 6.26 Å². The molecule has 1 heterocycles. The summed E-state index contributed by atoms with van der Waals surface area (Å²) in [6.07, 6.45) is 2.07. The average Bonchev–Trinajstić information content (AvgIpc) is 2.60. The van der Waals surface area contributed by atoms with E-state index in [-0.39, 0.29) is 6.61 Å². The third-order valence-electron chi connectivity index (χ3n) is 2.10. The molecule has 1 nitrogen and oxygen atoms in total. The summed E-state index contributed by atoms with van der Waals surface area (Å²) in [6, 6.07) is 4.10. The highest BCUT2D eigenvalue weighted by molar-refractivity contribution is 9.10. The lowest BCUT2D eigenvalue weighted by atomic mass is 10.2. The molecule has 1 N–H and O–H groups in total. The van der Waals surface area contributed by atoms with Crippen molar-refractivity contribution in [2.24, 2.45) is 0 Å². The standard InChI is InChI=1S/C10H9BrOS2/c1-13-10-8(11)3-2-7-6(4-12)5-14-9(7)10/h2-3,5,12H,4H2,1H3. The Morgan fingerprint density at radius 2 is 2.29 bits per heavy atom. The zero-order valence-corrected chi connectivity index (χ0v) is 10.8. The minimum atomic E-state index is 0.120. The van der Waals surface area contributed by atoms with Crippen molar-refractivity contribution >= 4 is 49.1 Å². The van der Waals surface area contributed by atoms with Gasteiger partial charge in [0.25, 0.3) is 0 Å². The average molecular weight is 289 g/mol. The third kappa shape index (κ3) is 1.60. The number of hydrogen-bond acceptors (Lipinski definition) is 3. The normalized spacial score (nSPS) is 11.1. The van der Waals surface area contributed by atoms with Crippen molar-refractivity contribution in [3.63, 3.8) is 0 Å². The number of thioether (sulfide) groups is 1. The number of fused-ring (bicyclic) bond motifs is 1. The lowest BCUT2D eigenvalue weighted by molar-refractivity contribution is 0.284. The molecular weight excluding hydrogens is 280 g/mol. The van der Waals surface area contributed by atoms with Crippen molar-refractivity contribution in [3.05, 3.63) is 27.5 Å². The quantitative estimate of drug-likeness (QED) is 0.847. The Kier molecular flexibility index (Phi) is 3.17. The molecule has 0 amide bonds. The van der Waals surface area contributed by atoms with E-state index in [1.807, 2.05) is 11.4 Å². The first-order chi connectivity index (χ1) is 6.77. The smallest absolute Gasteiger partial charge is 0.0696 e. The van der Waals surface area contributed by atoms with Crippen molar-refractivity contribution in [1.29, 1.82) is 0 Å². The Bertz CT molecular complexity index is 464. The topological polar surface area (TPSA) is 20.2 Å². The molecule has 4 heteroatoms. The van der Waals surface area contributed by atoms with Gasteiger partial charge in [-0.25, -0.2) is 0 Å². The number of aliphatic hydroxyl groups is 1. The fourth-order valence-electron chi connectivity index (χ4n) is 1.41. The Balaban J connectivity index is 2.76. The van der Waals surface area contributed by atoms with Gasteiger partial charge in [-0.15, -0.1) is 23.1 Å². The maximum atomic E-state index is 9.15. The second kappa shape index (κ2) is 4.23. The molecule has 0 fully saturated rings. The van der Waals surface area contributed by atoms with Gasteiger partial charge in [0.2, 0.25) is 0 Å². The van der Waals surface area contributed by atoms with Crippen molar-refractivity contribution in [2.45, 2.75) is 11.5 Å². The first-order valence-corrected chi connectivity index (χ1v) is 7.01. The molecule has 1 aromatic heterocycles. The summed E-state index contributed by atoms with van der Waals surface area (Å²) in [5, 5.41) is 12.3. The minimum Gasteiger partial charge on any atom is -0.392 e. The summed E-state index contributed by atoms with van der Waals surface area (Å²) >= 11 is 6.96. The fourth-order valence-corrected chi connectivity index (χ4v) is 4.32. The van der Waals surface area contributed by atoms with E-state index >= 15 is 0 Å². The van der Waals surface area contributed by atoms with Gasteiger partial charge in [0.05, 0.1) is 6.61 Å². The lowest BCUT2D eigenvalue weighted by Crippen LogP contribution is -1.80. The first-order valence-electron chi connectivity index (χ1n) is 4.11. The van der Waals surface area contributed by atoms with E-state index in [2.05, 4.69) is 28.3 Å². The molecule has 0 unspecified atom stereocenters. The maximum Gasteiger partial charge on any atom is 0.0696 e. The van der Waals surface area contributed by atoms with Crippen LogP contribution in [0.2, 0.25) is 0 Å². The highest BCUT2D eigenvalue weighted by Gasteiger charge is 2.09. The Hall–Kier alpha value is -0.0300.